The molecule has 0 atom stereocenters. The molecule has 0 unspecified atom stereocenters. The number of hydrogen-bond donors (Lipinski definition) is 3. The summed E-state index contributed by atoms with van der Waals surface area (Å²) in [5.41, 5.74) is 6.83. The van der Waals surface area contributed by atoms with Gasteiger partial charge in [0.1, 0.15) is 5.75 Å². The summed E-state index contributed by atoms with van der Waals surface area (Å²) in [7, 11) is 1.53. The molecule has 8 nitrogen and oxygen atoms in total. The minimum atomic E-state index is -0.692. The number of para-hydroxylation sites is 2. The molecule has 0 spiro atoms. The second-order valence-electron chi connectivity index (χ2n) is 5.60. The number of nitrogens with one attached hydrogen (secondary N) is 3. The van der Waals surface area contributed by atoms with Crippen molar-refractivity contribution in [2.45, 2.75) is 6.92 Å². The molecule has 2 aromatic carbocycles. The van der Waals surface area contributed by atoms with E-state index in [-0.39, 0.29) is 11.6 Å². The Labute approximate surface area is 156 Å². The van der Waals surface area contributed by atoms with Crippen LogP contribution < -0.4 is 20.9 Å². The first-order valence-corrected chi connectivity index (χ1v) is 8.26. The van der Waals surface area contributed by atoms with E-state index in [2.05, 4.69) is 21.3 Å². The molecule has 0 aliphatic rings. The monoisotopic (exact) mass is 365 g/mol. The Hall–Kier alpha value is -3.81. The third kappa shape index (κ3) is 4.06. The largest absolute Gasteiger partial charge is 0.431 e. The Morgan fingerprint density at radius 1 is 1.00 bits per heavy atom. The van der Waals surface area contributed by atoms with Gasteiger partial charge in [-0.2, -0.15) is 5.10 Å². The van der Waals surface area contributed by atoms with Crippen molar-refractivity contribution in [3.8, 4) is 11.4 Å². The maximum atomic E-state index is 12.1. The number of aromatic nitrogens is 2. The minimum Gasteiger partial charge on any atom is -0.409 e. The van der Waals surface area contributed by atoms with Gasteiger partial charge in [-0.05, 0) is 31.2 Å². The lowest BCUT2D eigenvalue weighted by Gasteiger charge is -2.12. The minimum absolute atomic E-state index is 0.252. The maximum Gasteiger partial charge on any atom is 0.431 e. The van der Waals surface area contributed by atoms with Crippen LogP contribution in [-0.4, -0.2) is 28.8 Å². The van der Waals surface area contributed by atoms with E-state index >= 15 is 0 Å². The van der Waals surface area contributed by atoms with Crippen molar-refractivity contribution in [3.63, 3.8) is 0 Å². The molecule has 3 rings (SSSR count). The molecule has 3 N–H and O–H groups in total. The molecule has 0 radical (unpaired) electrons. The molecule has 0 fully saturated rings. The van der Waals surface area contributed by atoms with Crippen molar-refractivity contribution >= 4 is 17.8 Å². The van der Waals surface area contributed by atoms with Crippen LogP contribution in [0.2, 0.25) is 0 Å². The average molecular weight is 365 g/mol. The zero-order valence-electron chi connectivity index (χ0n) is 14.9. The van der Waals surface area contributed by atoms with E-state index in [1.54, 1.807) is 35.9 Å². The number of nitrogens with zero attached hydrogens (tertiary/aromatic N) is 2. The van der Waals surface area contributed by atoms with Crippen LogP contribution in [0.3, 0.4) is 0 Å². The fourth-order valence-electron chi connectivity index (χ4n) is 2.46. The Bertz CT molecular complexity index is 939. The Kier molecular flexibility index (Phi) is 5.36. The summed E-state index contributed by atoms with van der Waals surface area (Å²) in [6, 6.07) is 18.0. The first kappa shape index (κ1) is 18.0. The molecule has 0 saturated carbocycles. The van der Waals surface area contributed by atoms with Crippen molar-refractivity contribution in [2.75, 3.05) is 12.5 Å². The van der Waals surface area contributed by atoms with Crippen LogP contribution in [0.5, 0.6) is 5.75 Å². The molecule has 8 heteroatoms. The summed E-state index contributed by atoms with van der Waals surface area (Å²) < 4.78 is 6.72. The molecular formula is C19H19N5O3. The van der Waals surface area contributed by atoms with Gasteiger partial charge in [-0.3, -0.25) is 10.2 Å². The first-order chi connectivity index (χ1) is 13.1. The van der Waals surface area contributed by atoms with Crippen LogP contribution in [-0.2, 0) is 0 Å². The topological polar surface area (TPSA) is 97.3 Å². The molecule has 0 aliphatic carbocycles. The van der Waals surface area contributed by atoms with Crippen LogP contribution in [0.1, 0.15) is 16.1 Å². The highest BCUT2D eigenvalue weighted by Crippen LogP contribution is 2.22. The Morgan fingerprint density at radius 2 is 1.63 bits per heavy atom. The number of rotatable bonds is 5. The summed E-state index contributed by atoms with van der Waals surface area (Å²) in [5, 5.41) is 6.92. The smallest absolute Gasteiger partial charge is 0.409 e. The molecule has 3 aromatic rings. The lowest BCUT2D eigenvalue weighted by Crippen LogP contribution is -2.33. The maximum absolute atomic E-state index is 12.1. The van der Waals surface area contributed by atoms with Gasteiger partial charge in [-0.25, -0.2) is 14.9 Å². The Balaban J connectivity index is 1.84. The SMILES string of the molecule is CNC(=O)c1nn(-c2ccccc2)c(NNC(=O)Oc2ccccc2)c1C. The molecule has 1 heterocycles. The standard InChI is InChI=1S/C19H19N5O3/c1-13-16(18(25)20-2)23-24(14-9-5-3-6-10-14)17(13)21-22-19(26)27-15-11-7-4-8-12-15/h3-12,21H,1-2H3,(H,20,25)(H,22,26). The molecule has 138 valence electrons. The number of hydrazine groups is 1. The van der Waals surface area contributed by atoms with Crippen molar-refractivity contribution in [2.24, 2.45) is 0 Å². The van der Waals surface area contributed by atoms with E-state index in [0.29, 0.717) is 17.1 Å². The number of hydrogen-bond acceptors (Lipinski definition) is 5. The molecule has 0 saturated heterocycles. The van der Waals surface area contributed by atoms with Gasteiger partial charge < -0.3 is 10.1 Å². The summed E-state index contributed by atoms with van der Waals surface area (Å²) in [6.07, 6.45) is -0.692. The second-order valence-corrected chi connectivity index (χ2v) is 5.60. The molecule has 2 amide bonds. The van der Waals surface area contributed by atoms with Gasteiger partial charge in [-0.1, -0.05) is 36.4 Å². The van der Waals surface area contributed by atoms with Gasteiger partial charge in [0.25, 0.3) is 5.91 Å². The van der Waals surface area contributed by atoms with Crippen LogP contribution in [0.25, 0.3) is 5.69 Å². The van der Waals surface area contributed by atoms with Crippen molar-refractivity contribution in [3.05, 3.63) is 71.9 Å². The van der Waals surface area contributed by atoms with Crippen LogP contribution in [0, 0.1) is 6.92 Å². The zero-order valence-corrected chi connectivity index (χ0v) is 14.9. The second kappa shape index (κ2) is 8.05. The van der Waals surface area contributed by atoms with Crippen LogP contribution in [0.4, 0.5) is 10.6 Å². The van der Waals surface area contributed by atoms with Gasteiger partial charge in [0, 0.05) is 12.6 Å². The predicted molar refractivity (Wildman–Crippen MR) is 101 cm³/mol. The fraction of sp³-hybridized carbons (Fsp3) is 0.105. The van der Waals surface area contributed by atoms with Gasteiger partial charge >= 0.3 is 6.09 Å². The molecular weight excluding hydrogens is 346 g/mol. The highest BCUT2D eigenvalue weighted by atomic mass is 16.6. The van der Waals surface area contributed by atoms with E-state index in [9.17, 15) is 9.59 Å². The summed E-state index contributed by atoms with van der Waals surface area (Å²) in [6.45, 7) is 1.74. The molecule has 0 bridgehead atoms. The predicted octanol–water partition coefficient (Wildman–Crippen LogP) is 2.66. The van der Waals surface area contributed by atoms with Crippen molar-refractivity contribution in [1.29, 1.82) is 0 Å². The number of carbonyl (C=O) groups excluding carboxylic acids is 2. The van der Waals surface area contributed by atoms with E-state index in [0.717, 1.165) is 5.69 Å². The lowest BCUT2D eigenvalue weighted by atomic mass is 10.2. The Morgan fingerprint density at radius 3 is 2.26 bits per heavy atom. The van der Waals surface area contributed by atoms with Crippen molar-refractivity contribution < 1.29 is 14.3 Å². The molecule has 0 aliphatic heterocycles. The third-order valence-electron chi connectivity index (χ3n) is 3.80. The number of ether oxygens (including phenoxy) is 1. The normalized spacial score (nSPS) is 10.1. The summed E-state index contributed by atoms with van der Waals surface area (Å²) >= 11 is 0. The zero-order chi connectivity index (χ0) is 19.2. The number of anilines is 1. The molecule has 1 aromatic heterocycles. The quantitative estimate of drug-likeness (QED) is 0.604. The van der Waals surface area contributed by atoms with Gasteiger partial charge in [0.2, 0.25) is 0 Å². The molecule has 27 heavy (non-hydrogen) atoms. The van der Waals surface area contributed by atoms with Crippen LogP contribution >= 0.6 is 0 Å². The highest BCUT2D eigenvalue weighted by molar-refractivity contribution is 5.95. The summed E-state index contributed by atoms with van der Waals surface area (Å²) in [5.74, 6) is 0.540. The van der Waals surface area contributed by atoms with Gasteiger partial charge in [-0.15, -0.1) is 0 Å². The van der Waals surface area contributed by atoms with E-state index in [1.807, 2.05) is 36.4 Å². The number of carbonyl (C=O) groups is 2. The average Bonchev–Trinajstić information content (AvgIpc) is 3.03. The summed E-state index contributed by atoms with van der Waals surface area (Å²) in [4.78, 5) is 24.1. The van der Waals surface area contributed by atoms with Crippen LogP contribution in [0.15, 0.2) is 60.7 Å². The number of amides is 2. The lowest BCUT2D eigenvalue weighted by molar-refractivity contribution is 0.0957. The van der Waals surface area contributed by atoms with E-state index in [1.165, 1.54) is 7.05 Å². The third-order valence-corrected chi connectivity index (χ3v) is 3.80. The van der Waals surface area contributed by atoms with E-state index in [4.69, 9.17) is 4.74 Å². The highest BCUT2D eigenvalue weighted by Gasteiger charge is 2.20. The fourth-order valence-corrected chi connectivity index (χ4v) is 2.46. The van der Waals surface area contributed by atoms with Crippen molar-refractivity contribution in [1.82, 2.24) is 20.5 Å². The van der Waals surface area contributed by atoms with Gasteiger partial charge in [0.15, 0.2) is 11.5 Å². The first-order valence-electron chi connectivity index (χ1n) is 8.26. The number of benzene rings is 2. The van der Waals surface area contributed by atoms with E-state index < -0.39 is 6.09 Å². The van der Waals surface area contributed by atoms with Gasteiger partial charge in [0.05, 0.1) is 5.69 Å².